The number of furan rings is 1. The summed E-state index contributed by atoms with van der Waals surface area (Å²) in [5, 5.41) is 11.1. The van der Waals surface area contributed by atoms with Crippen molar-refractivity contribution in [2.45, 2.75) is 40.2 Å². The highest BCUT2D eigenvalue weighted by molar-refractivity contribution is 6.46. The van der Waals surface area contributed by atoms with Crippen LogP contribution in [0.4, 0.5) is 0 Å². The van der Waals surface area contributed by atoms with E-state index in [2.05, 4.69) is 18.7 Å². The monoisotopic (exact) mass is 440 g/mol. The van der Waals surface area contributed by atoms with Crippen LogP contribution in [0.15, 0.2) is 46.4 Å². The second-order valence-electron chi connectivity index (χ2n) is 7.84. The lowest BCUT2D eigenvalue weighted by Gasteiger charge is -2.26. The summed E-state index contributed by atoms with van der Waals surface area (Å²) in [6, 6.07) is 9.64. The first kappa shape index (κ1) is 23.6. The van der Waals surface area contributed by atoms with E-state index in [1.165, 1.54) is 4.90 Å². The highest BCUT2D eigenvalue weighted by Gasteiger charge is 2.47. The molecule has 0 spiro atoms. The largest absolute Gasteiger partial charge is 0.507 e. The normalized spacial score (nSPS) is 18.0. The maximum atomic E-state index is 13.0. The Morgan fingerprint density at radius 3 is 2.34 bits per heavy atom. The van der Waals surface area contributed by atoms with Gasteiger partial charge in [0.1, 0.15) is 29.1 Å². The topological polar surface area (TPSA) is 83.2 Å². The molecule has 2 aromatic rings. The van der Waals surface area contributed by atoms with Gasteiger partial charge in [-0.05, 0) is 62.8 Å². The van der Waals surface area contributed by atoms with Gasteiger partial charge in [0.2, 0.25) is 0 Å². The maximum Gasteiger partial charge on any atom is 0.295 e. The summed E-state index contributed by atoms with van der Waals surface area (Å²) < 4.78 is 11.4. The third-order valence-corrected chi connectivity index (χ3v) is 5.72. The molecule has 7 heteroatoms. The predicted octanol–water partition coefficient (Wildman–Crippen LogP) is 4.14. The Morgan fingerprint density at radius 2 is 1.78 bits per heavy atom. The second-order valence-corrected chi connectivity index (χ2v) is 7.84. The van der Waals surface area contributed by atoms with E-state index in [0.717, 1.165) is 19.5 Å². The zero-order chi connectivity index (χ0) is 23.3. The number of Topliss-reactive ketones (excluding diaryl/α,β-unsaturated/α-hetero) is 1. The van der Waals surface area contributed by atoms with Crippen molar-refractivity contribution < 1.29 is 23.8 Å². The minimum absolute atomic E-state index is 0.0473. The van der Waals surface area contributed by atoms with E-state index in [4.69, 9.17) is 9.15 Å². The quantitative estimate of drug-likeness (QED) is 0.340. The SMILES string of the molecule is CCCOc1ccc(/C(O)=C2/C(=O)C(=O)N(CCN(CC)CC)C2c2ccc(C)o2)cc1. The summed E-state index contributed by atoms with van der Waals surface area (Å²) in [6.45, 7) is 11.2. The second kappa shape index (κ2) is 10.5. The summed E-state index contributed by atoms with van der Waals surface area (Å²) in [7, 11) is 0. The van der Waals surface area contributed by atoms with Gasteiger partial charge in [-0.2, -0.15) is 0 Å². The van der Waals surface area contributed by atoms with Crippen molar-refractivity contribution in [1.82, 2.24) is 9.80 Å². The average molecular weight is 441 g/mol. The fourth-order valence-corrected chi connectivity index (χ4v) is 3.88. The molecule has 3 rings (SSSR count). The van der Waals surface area contributed by atoms with E-state index in [1.807, 2.05) is 6.92 Å². The molecule has 1 aromatic heterocycles. The van der Waals surface area contributed by atoms with Crippen molar-refractivity contribution in [3.8, 4) is 5.75 Å². The molecule has 1 fully saturated rings. The number of amides is 1. The fraction of sp³-hybridized carbons (Fsp3) is 0.440. The van der Waals surface area contributed by atoms with Crippen LogP contribution in [0.25, 0.3) is 5.76 Å². The van der Waals surface area contributed by atoms with Gasteiger partial charge in [0.15, 0.2) is 0 Å². The summed E-state index contributed by atoms with van der Waals surface area (Å²) in [4.78, 5) is 29.7. The smallest absolute Gasteiger partial charge is 0.295 e. The zero-order valence-corrected chi connectivity index (χ0v) is 19.3. The molecule has 0 radical (unpaired) electrons. The first-order chi connectivity index (χ1) is 15.4. The number of likely N-dealkylation sites (tertiary alicyclic amines) is 1. The van der Waals surface area contributed by atoms with Crippen LogP contribution in [0, 0.1) is 6.92 Å². The summed E-state index contributed by atoms with van der Waals surface area (Å²) in [5.41, 5.74) is 0.495. The highest BCUT2D eigenvalue weighted by Crippen LogP contribution is 2.40. The van der Waals surface area contributed by atoms with Crippen molar-refractivity contribution in [2.75, 3.05) is 32.8 Å². The molecule has 0 aliphatic carbocycles. The van der Waals surface area contributed by atoms with Crippen LogP contribution in [0.3, 0.4) is 0 Å². The third-order valence-electron chi connectivity index (χ3n) is 5.72. The number of aliphatic hydroxyl groups is 1. The number of aryl methyl sites for hydroxylation is 1. The minimum Gasteiger partial charge on any atom is -0.507 e. The van der Waals surface area contributed by atoms with Crippen LogP contribution < -0.4 is 4.74 Å². The molecule has 1 atom stereocenters. The number of ether oxygens (including phenoxy) is 1. The van der Waals surface area contributed by atoms with Gasteiger partial charge in [0, 0.05) is 18.7 Å². The Morgan fingerprint density at radius 1 is 1.09 bits per heavy atom. The number of hydrogen-bond acceptors (Lipinski definition) is 6. The number of rotatable bonds is 10. The molecule has 1 aromatic carbocycles. The third kappa shape index (κ3) is 4.88. The molecule has 172 valence electrons. The number of likely N-dealkylation sites (N-methyl/N-ethyl adjacent to an activating group) is 1. The lowest BCUT2D eigenvalue weighted by molar-refractivity contribution is -0.140. The summed E-state index contributed by atoms with van der Waals surface area (Å²) in [6.07, 6.45) is 0.890. The molecule has 2 heterocycles. The van der Waals surface area contributed by atoms with Crippen LogP contribution >= 0.6 is 0 Å². The fourth-order valence-electron chi connectivity index (χ4n) is 3.88. The van der Waals surface area contributed by atoms with Crippen molar-refractivity contribution >= 4 is 17.4 Å². The van der Waals surface area contributed by atoms with E-state index in [-0.39, 0.29) is 11.3 Å². The number of benzene rings is 1. The van der Waals surface area contributed by atoms with Gasteiger partial charge in [0.05, 0.1) is 12.2 Å². The first-order valence-electron chi connectivity index (χ1n) is 11.2. The zero-order valence-electron chi connectivity index (χ0n) is 19.3. The molecule has 32 heavy (non-hydrogen) atoms. The van der Waals surface area contributed by atoms with Crippen molar-refractivity contribution in [3.63, 3.8) is 0 Å². The molecule has 1 amide bonds. The molecule has 7 nitrogen and oxygen atoms in total. The summed E-state index contributed by atoms with van der Waals surface area (Å²) in [5.74, 6) is 0.279. The number of aliphatic hydroxyl groups excluding tert-OH is 1. The van der Waals surface area contributed by atoms with Crippen molar-refractivity contribution in [3.05, 3.63) is 59.1 Å². The van der Waals surface area contributed by atoms with Crippen LogP contribution in [0.1, 0.15) is 50.3 Å². The van der Waals surface area contributed by atoms with Crippen molar-refractivity contribution in [2.24, 2.45) is 0 Å². The molecular weight excluding hydrogens is 408 g/mol. The molecule has 1 saturated heterocycles. The number of ketones is 1. The lowest BCUT2D eigenvalue weighted by Crippen LogP contribution is -2.37. The van der Waals surface area contributed by atoms with Gasteiger partial charge in [-0.25, -0.2) is 0 Å². The molecular formula is C25H32N2O5. The van der Waals surface area contributed by atoms with Gasteiger partial charge in [-0.1, -0.05) is 20.8 Å². The Kier molecular flexibility index (Phi) is 7.75. The van der Waals surface area contributed by atoms with Crippen LogP contribution in [-0.4, -0.2) is 59.4 Å². The van der Waals surface area contributed by atoms with E-state index in [0.29, 0.717) is 42.5 Å². The van der Waals surface area contributed by atoms with E-state index >= 15 is 0 Å². The molecule has 0 bridgehead atoms. The number of nitrogens with zero attached hydrogens (tertiary/aromatic N) is 2. The predicted molar refractivity (Wildman–Crippen MR) is 122 cm³/mol. The number of carbonyl (C=O) groups excluding carboxylic acids is 2. The lowest BCUT2D eigenvalue weighted by atomic mass is 9.99. The Balaban J connectivity index is 1.99. The van der Waals surface area contributed by atoms with E-state index < -0.39 is 17.7 Å². The Bertz CT molecular complexity index is 972. The van der Waals surface area contributed by atoms with Crippen LogP contribution in [-0.2, 0) is 9.59 Å². The van der Waals surface area contributed by atoms with Gasteiger partial charge in [-0.15, -0.1) is 0 Å². The maximum absolute atomic E-state index is 13.0. The van der Waals surface area contributed by atoms with Gasteiger partial charge >= 0.3 is 0 Å². The minimum atomic E-state index is -0.768. The average Bonchev–Trinajstić information content (AvgIpc) is 3.34. The van der Waals surface area contributed by atoms with Gasteiger partial charge < -0.3 is 24.1 Å². The highest BCUT2D eigenvalue weighted by atomic mass is 16.5. The Hall–Kier alpha value is -3.06. The molecule has 1 N–H and O–H groups in total. The molecule has 0 saturated carbocycles. The van der Waals surface area contributed by atoms with Gasteiger partial charge in [-0.3, -0.25) is 9.59 Å². The standard InChI is InChI=1S/C25H32N2O5/c1-5-16-31-19-11-9-18(10-12-19)23(28)21-22(20-13-8-17(4)32-20)27(25(30)24(21)29)15-14-26(6-2)7-3/h8-13,22,28H,5-7,14-16H2,1-4H3/b23-21-. The molecule has 1 aliphatic rings. The molecule has 1 unspecified atom stereocenters. The number of carbonyl (C=O) groups is 2. The van der Waals surface area contributed by atoms with Crippen LogP contribution in [0.5, 0.6) is 5.75 Å². The van der Waals surface area contributed by atoms with Crippen LogP contribution in [0.2, 0.25) is 0 Å². The first-order valence-corrected chi connectivity index (χ1v) is 11.2. The van der Waals surface area contributed by atoms with E-state index in [9.17, 15) is 14.7 Å². The Labute approximate surface area is 189 Å². The number of hydrogen-bond donors (Lipinski definition) is 1. The van der Waals surface area contributed by atoms with Gasteiger partial charge in [0.25, 0.3) is 11.7 Å². The molecule has 1 aliphatic heterocycles. The summed E-state index contributed by atoms with van der Waals surface area (Å²) >= 11 is 0. The van der Waals surface area contributed by atoms with Crippen molar-refractivity contribution in [1.29, 1.82) is 0 Å². The van der Waals surface area contributed by atoms with E-state index in [1.54, 1.807) is 43.3 Å².